The summed E-state index contributed by atoms with van der Waals surface area (Å²) < 4.78 is 11.9. The molecule has 0 aromatic heterocycles. The number of fused-ring (bicyclic) bond motifs is 7. The molecule has 1 heterocycles. The Kier molecular flexibility index (Phi) is 8.69. The minimum atomic E-state index is -0.132. The van der Waals surface area contributed by atoms with Gasteiger partial charge in [-0.2, -0.15) is 0 Å². The number of hydrogen-bond donors (Lipinski definition) is 0. The topological polar surface area (TPSA) is 55.8 Å². The summed E-state index contributed by atoms with van der Waals surface area (Å²) in [6.07, 6.45) is 14.6. The van der Waals surface area contributed by atoms with E-state index >= 15 is 0 Å². The number of nitrogens with zero attached hydrogens (tertiary/aromatic N) is 1. The van der Waals surface area contributed by atoms with E-state index in [4.69, 9.17) is 16.1 Å². The van der Waals surface area contributed by atoms with Crippen molar-refractivity contribution in [2.45, 2.75) is 139 Å². The summed E-state index contributed by atoms with van der Waals surface area (Å²) >= 11 is 0. The van der Waals surface area contributed by atoms with E-state index in [9.17, 15) is 9.59 Å². The van der Waals surface area contributed by atoms with Gasteiger partial charge in [0, 0.05) is 31.2 Å². The maximum Gasteiger partial charge on any atom is 0.302 e. The molecule has 6 rings (SSSR count). The van der Waals surface area contributed by atoms with Crippen molar-refractivity contribution in [3.8, 4) is 0 Å². The molecule has 5 heteroatoms. The van der Waals surface area contributed by atoms with Gasteiger partial charge in [-0.05, 0) is 142 Å². The van der Waals surface area contributed by atoms with Crippen LogP contribution in [0.2, 0.25) is 0 Å². The maximum atomic E-state index is 12.2. The summed E-state index contributed by atoms with van der Waals surface area (Å²) in [5.41, 5.74) is 2.33. The average molecular weight is 624 g/mol. The molecule has 0 aromatic rings. The van der Waals surface area contributed by atoms with Crippen molar-refractivity contribution in [2.24, 2.45) is 62.6 Å². The van der Waals surface area contributed by atoms with Crippen molar-refractivity contribution in [3.05, 3.63) is 12.2 Å². The molecule has 1 aliphatic heterocycles. The number of hydrogen-bond acceptors (Lipinski definition) is 5. The molecule has 0 amide bonds. The van der Waals surface area contributed by atoms with Gasteiger partial charge in [-0.1, -0.05) is 53.7 Å². The standard InChI is InChI=1S/C40H65NO4/c1-26-15-22-41(23-16-26)24-27(2)30-12-19-40(25-44-28(3)42)21-20-38(8)31(35(30)40)10-11-33-37(7)17-14-34(45-29(4)43)36(5,6)32(37)13-18-39(33,38)9/h26,30-35H,2,10-25H2,1,3-9H3/t30-,31+,32-,33+,34-,35+,37-,38+,39+,40+/m0/s1. The van der Waals surface area contributed by atoms with Crippen molar-refractivity contribution in [1.82, 2.24) is 4.90 Å². The number of carbonyl (C=O) groups is 2. The van der Waals surface area contributed by atoms with E-state index in [-0.39, 0.29) is 45.1 Å². The molecule has 5 saturated carbocycles. The van der Waals surface area contributed by atoms with Gasteiger partial charge in [0.05, 0.1) is 6.61 Å². The predicted octanol–water partition coefficient (Wildman–Crippen LogP) is 8.85. The van der Waals surface area contributed by atoms with E-state index in [1.807, 2.05) is 0 Å². The molecular weight excluding hydrogens is 558 g/mol. The lowest BCUT2D eigenvalue weighted by Crippen LogP contribution is -2.67. The zero-order valence-corrected chi connectivity index (χ0v) is 30.1. The number of likely N-dealkylation sites (tertiary alicyclic amines) is 1. The van der Waals surface area contributed by atoms with Crippen LogP contribution in [-0.4, -0.2) is 49.2 Å². The first-order chi connectivity index (χ1) is 21.1. The SMILES string of the molecule is C=C(CN1CCC(C)CC1)[C@@H]1CC[C@]2(COC(C)=O)CC[C@]3(C)[C@H](CC[C@@H]4[C@@]5(C)CC[C@H](OC(C)=O)C(C)(C)[C@@H]5CC[C@]43C)[C@@H]12. The van der Waals surface area contributed by atoms with Crippen LogP contribution in [0.4, 0.5) is 0 Å². The summed E-state index contributed by atoms with van der Waals surface area (Å²) in [6.45, 7) is 27.2. The van der Waals surface area contributed by atoms with Gasteiger partial charge in [0.25, 0.3) is 0 Å². The lowest BCUT2D eigenvalue weighted by atomic mass is 9.32. The van der Waals surface area contributed by atoms with Gasteiger partial charge in [0.15, 0.2) is 0 Å². The molecule has 1 saturated heterocycles. The van der Waals surface area contributed by atoms with Crippen LogP contribution in [0.3, 0.4) is 0 Å². The molecule has 0 N–H and O–H groups in total. The van der Waals surface area contributed by atoms with E-state index in [1.165, 1.54) is 82.9 Å². The first-order valence-corrected chi connectivity index (χ1v) is 18.8. The van der Waals surface area contributed by atoms with Crippen LogP contribution in [0, 0.1) is 62.6 Å². The minimum Gasteiger partial charge on any atom is -0.465 e. The maximum absolute atomic E-state index is 12.2. The van der Waals surface area contributed by atoms with Gasteiger partial charge in [-0.25, -0.2) is 0 Å². The monoisotopic (exact) mass is 623 g/mol. The van der Waals surface area contributed by atoms with Gasteiger partial charge < -0.3 is 9.47 Å². The summed E-state index contributed by atoms with van der Waals surface area (Å²) in [5, 5.41) is 0. The van der Waals surface area contributed by atoms with E-state index in [0.717, 1.165) is 25.3 Å². The van der Waals surface area contributed by atoms with Crippen molar-refractivity contribution in [1.29, 1.82) is 0 Å². The first-order valence-electron chi connectivity index (χ1n) is 18.8. The summed E-state index contributed by atoms with van der Waals surface area (Å²) in [5.74, 6) is 3.54. The van der Waals surface area contributed by atoms with E-state index in [0.29, 0.717) is 36.2 Å². The zero-order chi connectivity index (χ0) is 32.6. The molecule has 10 atom stereocenters. The number of rotatable bonds is 6. The number of ether oxygens (including phenoxy) is 2. The fourth-order valence-corrected chi connectivity index (χ4v) is 13.7. The van der Waals surface area contributed by atoms with Crippen molar-refractivity contribution in [2.75, 3.05) is 26.2 Å². The fourth-order valence-electron chi connectivity index (χ4n) is 13.7. The first kappa shape index (κ1) is 33.5. The third-order valence-corrected chi connectivity index (χ3v) is 16.2. The molecule has 5 aliphatic carbocycles. The van der Waals surface area contributed by atoms with Crippen molar-refractivity contribution >= 4 is 11.9 Å². The van der Waals surface area contributed by atoms with Gasteiger partial charge in [0.1, 0.15) is 6.10 Å². The highest BCUT2D eigenvalue weighted by atomic mass is 16.5. The Bertz CT molecular complexity index is 1170. The Balaban J connectivity index is 1.30. The smallest absolute Gasteiger partial charge is 0.302 e. The van der Waals surface area contributed by atoms with E-state index in [2.05, 4.69) is 46.4 Å². The van der Waals surface area contributed by atoms with Crippen LogP contribution >= 0.6 is 0 Å². The van der Waals surface area contributed by atoms with Crippen LogP contribution in [0.25, 0.3) is 0 Å². The van der Waals surface area contributed by atoms with Gasteiger partial charge in [-0.3, -0.25) is 14.5 Å². The summed E-state index contributed by atoms with van der Waals surface area (Å²) in [7, 11) is 0. The molecule has 0 spiro atoms. The molecule has 6 fully saturated rings. The average Bonchev–Trinajstić information content (AvgIpc) is 3.35. The Morgan fingerprint density at radius 3 is 2.16 bits per heavy atom. The van der Waals surface area contributed by atoms with Crippen LogP contribution in [0.5, 0.6) is 0 Å². The number of carbonyl (C=O) groups excluding carboxylic acids is 2. The third kappa shape index (κ3) is 5.27. The molecular formula is C40H65NO4. The predicted molar refractivity (Wildman–Crippen MR) is 180 cm³/mol. The largest absolute Gasteiger partial charge is 0.465 e. The van der Waals surface area contributed by atoms with E-state index in [1.54, 1.807) is 13.8 Å². The molecule has 254 valence electrons. The third-order valence-electron chi connectivity index (χ3n) is 16.2. The van der Waals surface area contributed by atoms with Crippen LogP contribution in [0.15, 0.2) is 12.2 Å². The zero-order valence-electron chi connectivity index (χ0n) is 30.1. The second-order valence-electron chi connectivity index (χ2n) is 18.6. The highest BCUT2D eigenvalue weighted by Crippen LogP contribution is 2.77. The van der Waals surface area contributed by atoms with E-state index < -0.39 is 0 Å². The second kappa shape index (κ2) is 11.7. The highest BCUT2D eigenvalue weighted by molar-refractivity contribution is 5.66. The number of piperidine rings is 1. The van der Waals surface area contributed by atoms with Crippen LogP contribution in [0.1, 0.15) is 132 Å². The lowest BCUT2D eigenvalue weighted by molar-refractivity contribution is -0.252. The molecule has 0 bridgehead atoms. The Morgan fingerprint density at radius 1 is 0.778 bits per heavy atom. The Labute approximate surface area is 275 Å². The molecule has 45 heavy (non-hydrogen) atoms. The Morgan fingerprint density at radius 2 is 1.49 bits per heavy atom. The molecule has 0 radical (unpaired) electrons. The van der Waals surface area contributed by atoms with Gasteiger partial charge in [0.2, 0.25) is 0 Å². The highest BCUT2D eigenvalue weighted by Gasteiger charge is 2.71. The number of esters is 2. The molecule has 0 unspecified atom stereocenters. The normalized spacial score (nSPS) is 46.2. The van der Waals surface area contributed by atoms with Gasteiger partial charge in [-0.15, -0.1) is 0 Å². The van der Waals surface area contributed by atoms with Gasteiger partial charge >= 0.3 is 11.9 Å². The molecule has 5 nitrogen and oxygen atoms in total. The fraction of sp³-hybridized carbons (Fsp3) is 0.900. The van der Waals surface area contributed by atoms with Crippen molar-refractivity contribution in [3.63, 3.8) is 0 Å². The van der Waals surface area contributed by atoms with Crippen LogP contribution in [-0.2, 0) is 19.1 Å². The van der Waals surface area contributed by atoms with Crippen LogP contribution < -0.4 is 0 Å². The minimum absolute atomic E-state index is 0.00988. The lowest BCUT2D eigenvalue weighted by Gasteiger charge is -2.73. The summed E-state index contributed by atoms with van der Waals surface area (Å²) in [6, 6.07) is 0. The quantitative estimate of drug-likeness (QED) is 0.219. The Hall–Kier alpha value is -1.36. The molecule has 6 aliphatic rings. The summed E-state index contributed by atoms with van der Waals surface area (Å²) in [4.78, 5) is 26.9. The second-order valence-corrected chi connectivity index (χ2v) is 18.6. The molecule has 0 aromatic carbocycles. The van der Waals surface area contributed by atoms with Crippen molar-refractivity contribution < 1.29 is 19.1 Å².